The van der Waals surface area contributed by atoms with Gasteiger partial charge in [0.15, 0.2) is 5.13 Å². The zero-order valence-electron chi connectivity index (χ0n) is 19.7. The largest absolute Gasteiger partial charge is 0.308 e. The summed E-state index contributed by atoms with van der Waals surface area (Å²) in [7, 11) is 4.06. The van der Waals surface area contributed by atoms with Gasteiger partial charge in [0.2, 0.25) is 5.91 Å². The molecule has 0 unspecified atom stereocenters. The minimum atomic E-state index is -0.000714. The molecule has 3 aromatic carbocycles. The lowest BCUT2D eigenvalue weighted by atomic mass is 9.88. The van der Waals surface area contributed by atoms with Crippen molar-refractivity contribution in [3.63, 3.8) is 0 Å². The molecule has 0 saturated heterocycles. The van der Waals surface area contributed by atoms with E-state index in [9.17, 15) is 4.79 Å². The number of rotatable bonds is 9. The fraction of sp³-hybridized carbons (Fsp3) is 0.259. The van der Waals surface area contributed by atoms with Gasteiger partial charge in [-0.1, -0.05) is 72.0 Å². The minimum absolute atomic E-state index is 0. The molecule has 34 heavy (non-hydrogen) atoms. The first kappa shape index (κ1) is 26.2. The molecular weight excluding hydrogens is 482 g/mol. The second-order valence-corrected chi connectivity index (χ2v) is 10.1. The van der Waals surface area contributed by atoms with Crippen LogP contribution in [0, 0.1) is 0 Å². The molecule has 0 radical (unpaired) electrons. The third-order valence-corrected chi connectivity index (χ3v) is 7.44. The van der Waals surface area contributed by atoms with Crippen molar-refractivity contribution in [2.45, 2.75) is 17.2 Å². The number of likely N-dealkylation sites (N-methyl/N-ethyl adjacent to an activating group) is 1. The summed E-state index contributed by atoms with van der Waals surface area (Å²) < 4.78 is 1.11. The van der Waals surface area contributed by atoms with E-state index in [0.29, 0.717) is 13.0 Å². The molecule has 4 nitrogen and oxygen atoms in total. The monoisotopic (exact) mass is 511 g/mol. The predicted molar refractivity (Wildman–Crippen MR) is 149 cm³/mol. The number of hydrogen-bond acceptors (Lipinski definition) is 5. The summed E-state index contributed by atoms with van der Waals surface area (Å²) in [6.45, 7) is 1.39. The normalized spacial score (nSPS) is 11.1. The van der Waals surface area contributed by atoms with Crippen molar-refractivity contribution < 1.29 is 4.79 Å². The van der Waals surface area contributed by atoms with E-state index in [2.05, 4.69) is 47.6 Å². The molecule has 0 aliphatic heterocycles. The van der Waals surface area contributed by atoms with Gasteiger partial charge in [-0.3, -0.25) is 9.69 Å². The van der Waals surface area contributed by atoms with E-state index in [-0.39, 0.29) is 24.2 Å². The Morgan fingerprint density at radius 2 is 1.56 bits per heavy atom. The third-order valence-electron chi connectivity index (χ3n) is 5.67. The number of carbonyl (C=O) groups excluding carboxylic acids is 1. The second-order valence-electron chi connectivity index (χ2n) is 8.26. The lowest BCUT2D eigenvalue weighted by Gasteiger charge is -2.25. The molecule has 1 amide bonds. The van der Waals surface area contributed by atoms with Gasteiger partial charge < -0.3 is 4.90 Å². The number of thioether (sulfide) groups is 1. The first-order valence-electron chi connectivity index (χ1n) is 11.0. The van der Waals surface area contributed by atoms with Gasteiger partial charge in [-0.2, -0.15) is 0 Å². The van der Waals surface area contributed by atoms with Gasteiger partial charge in [0.25, 0.3) is 0 Å². The van der Waals surface area contributed by atoms with Crippen molar-refractivity contribution in [2.24, 2.45) is 0 Å². The molecular formula is C27H30ClN3OS2. The first-order valence-corrected chi connectivity index (χ1v) is 13.1. The van der Waals surface area contributed by atoms with Gasteiger partial charge in [0.05, 0.1) is 10.2 Å². The molecule has 0 N–H and O–H groups in total. The molecule has 0 atom stereocenters. The van der Waals surface area contributed by atoms with Gasteiger partial charge in [0, 0.05) is 30.3 Å². The first-order chi connectivity index (χ1) is 16.0. The van der Waals surface area contributed by atoms with Crippen LogP contribution in [0.3, 0.4) is 0 Å². The molecule has 0 aliphatic carbocycles. The Bertz CT molecular complexity index is 1160. The summed E-state index contributed by atoms with van der Waals surface area (Å²) in [6.07, 6.45) is 2.47. The SMILES string of the molecule is CSc1ccc2nc(N(CCN(C)C)C(=O)CC(c3ccccc3)c3ccccc3)sc2c1.Cl. The summed E-state index contributed by atoms with van der Waals surface area (Å²) in [5, 5.41) is 0.773. The fourth-order valence-electron chi connectivity index (χ4n) is 3.85. The molecule has 0 bridgehead atoms. The average Bonchev–Trinajstić information content (AvgIpc) is 3.26. The number of aromatic nitrogens is 1. The van der Waals surface area contributed by atoms with Crippen molar-refractivity contribution in [3.8, 4) is 0 Å². The molecule has 4 rings (SSSR count). The molecule has 7 heteroatoms. The smallest absolute Gasteiger partial charge is 0.229 e. The van der Waals surface area contributed by atoms with Gasteiger partial charge >= 0.3 is 0 Å². The van der Waals surface area contributed by atoms with Gasteiger partial charge in [0.1, 0.15) is 0 Å². The Labute approximate surface area is 216 Å². The van der Waals surface area contributed by atoms with Crippen LogP contribution in [0.2, 0.25) is 0 Å². The summed E-state index contributed by atoms with van der Waals surface area (Å²) in [4.78, 5) is 23.8. The number of halogens is 1. The second kappa shape index (κ2) is 12.4. The predicted octanol–water partition coefficient (Wildman–Crippen LogP) is 6.56. The Balaban J connectivity index is 0.00000324. The summed E-state index contributed by atoms with van der Waals surface area (Å²) in [6, 6.07) is 26.9. The van der Waals surface area contributed by atoms with E-state index in [1.54, 1.807) is 23.1 Å². The Hall–Kier alpha value is -2.38. The van der Waals surface area contributed by atoms with Crippen LogP contribution in [0.1, 0.15) is 23.5 Å². The fourth-order valence-corrected chi connectivity index (χ4v) is 5.41. The van der Waals surface area contributed by atoms with Crippen molar-refractivity contribution in [3.05, 3.63) is 90.0 Å². The van der Waals surface area contributed by atoms with Gasteiger partial charge in [-0.05, 0) is 49.7 Å². The zero-order valence-corrected chi connectivity index (χ0v) is 22.1. The van der Waals surface area contributed by atoms with Crippen molar-refractivity contribution >= 4 is 56.8 Å². The van der Waals surface area contributed by atoms with Crippen LogP contribution in [-0.4, -0.2) is 49.2 Å². The van der Waals surface area contributed by atoms with Crippen molar-refractivity contribution in [1.29, 1.82) is 0 Å². The lowest BCUT2D eigenvalue weighted by Crippen LogP contribution is -2.37. The van der Waals surface area contributed by atoms with E-state index in [0.717, 1.165) is 33.0 Å². The van der Waals surface area contributed by atoms with Crippen LogP contribution < -0.4 is 4.90 Å². The van der Waals surface area contributed by atoms with Crippen LogP contribution in [0.15, 0.2) is 83.8 Å². The summed E-state index contributed by atoms with van der Waals surface area (Å²) in [5.74, 6) is 0.0953. The molecule has 0 aliphatic rings. The molecule has 0 spiro atoms. The summed E-state index contributed by atoms with van der Waals surface area (Å²) in [5.41, 5.74) is 3.25. The van der Waals surface area contributed by atoms with Gasteiger partial charge in [-0.15, -0.1) is 24.2 Å². The topological polar surface area (TPSA) is 36.4 Å². The Morgan fingerprint density at radius 3 is 2.12 bits per heavy atom. The van der Waals surface area contributed by atoms with Crippen molar-refractivity contribution in [2.75, 3.05) is 38.3 Å². The highest BCUT2D eigenvalue weighted by Gasteiger charge is 2.25. The quantitative estimate of drug-likeness (QED) is 0.238. The Kier molecular flexibility index (Phi) is 9.54. The highest BCUT2D eigenvalue weighted by atomic mass is 35.5. The summed E-state index contributed by atoms with van der Waals surface area (Å²) >= 11 is 3.31. The van der Waals surface area contributed by atoms with Crippen LogP contribution >= 0.6 is 35.5 Å². The highest BCUT2D eigenvalue weighted by Crippen LogP contribution is 2.34. The number of anilines is 1. The number of hydrogen-bond donors (Lipinski definition) is 0. The maximum absolute atomic E-state index is 13.8. The van der Waals surface area contributed by atoms with Crippen LogP contribution in [0.4, 0.5) is 5.13 Å². The van der Waals surface area contributed by atoms with Gasteiger partial charge in [-0.25, -0.2) is 4.98 Å². The van der Waals surface area contributed by atoms with Crippen LogP contribution in [0.25, 0.3) is 10.2 Å². The van der Waals surface area contributed by atoms with E-state index in [4.69, 9.17) is 4.98 Å². The third kappa shape index (κ3) is 6.39. The lowest BCUT2D eigenvalue weighted by molar-refractivity contribution is -0.118. The molecule has 4 aromatic rings. The standard InChI is InChI=1S/C27H29N3OS2.ClH/c1-29(2)16-17-30(27-28-24-15-14-22(32-3)18-25(24)33-27)26(31)19-23(20-10-6-4-7-11-20)21-12-8-5-9-13-21;/h4-15,18,23H,16-17,19H2,1-3H3;1H. The number of benzene rings is 3. The van der Waals surface area contributed by atoms with E-state index >= 15 is 0 Å². The van der Waals surface area contributed by atoms with Crippen LogP contribution in [0.5, 0.6) is 0 Å². The number of thiazole rings is 1. The number of fused-ring (bicyclic) bond motifs is 1. The Morgan fingerprint density at radius 1 is 0.941 bits per heavy atom. The van der Waals surface area contributed by atoms with Crippen LogP contribution in [-0.2, 0) is 4.79 Å². The number of carbonyl (C=O) groups is 1. The maximum atomic E-state index is 13.8. The minimum Gasteiger partial charge on any atom is -0.308 e. The molecule has 1 heterocycles. The number of nitrogens with zero attached hydrogens (tertiary/aromatic N) is 3. The van der Waals surface area contributed by atoms with E-state index < -0.39 is 0 Å². The maximum Gasteiger partial charge on any atom is 0.229 e. The number of amides is 1. The molecule has 0 fully saturated rings. The van der Waals surface area contributed by atoms with E-state index in [1.807, 2.05) is 61.5 Å². The highest BCUT2D eigenvalue weighted by molar-refractivity contribution is 7.98. The zero-order chi connectivity index (χ0) is 23.2. The molecule has 0 saturated carbocycles. The van der Waals surface area contributed by atoms with Crippen molar-refractivity contribution in [1.82, 2.24) is 9.88 Å². The van der Waals surface area contributed by atoms with E-state index in [1.165, 1.54) is 4.90 Å². The molecule has 1 aromatic heterocycles. The molecule has 178 valence electrons. The average molecular weight is 512 g/mol.